The number of hydrogen-bond acceptors (Lipinski definition) is 6. The minimum atomic E-state index is -0.893. The number of carbonyl (C=O) groups excluding carboxylic acids is 3. The predicted molar refractivity (Wildman–Crippen MR) is 78.4 cm³/mol. The first kappa shape index (κ1) is 16.3. The molecule has 0 saturated carbocycles. The van der Waals surface area contributed by atoms with Gasteiger partial charge in [-0.1, -0.05) is 18.2 Å². The molecule has 2 amide bonds. The smallest absolute Gasteiger partial charge is 0.330 e. The average Bonchev–Trinajstić information content (AvgIpc) is 2.57. The Labute approximate surface area is 132 Å². The summed E-state index contributed by atoms with van der Waals surface area (Å²) in [6.45, 7) is 1.16. The summed E-state index contributed by atoms with van der Waals surface area (Å²) < 4.78 is 15.5. The SMILES string of the molecule is C/C=C/C(=O)OCC(=O)NNC(=O)[C@H]1COc2ccccc2O1. The van der Waals surface area contributed by atoms with E-state index in [0.29, 0.717) is 11.5 Å². The third-order valence-electron chi connectivity index (χ3n) is 2.77. The van der Waals surface area contributed by atoms with Crippen LogP contribution in [-0.4, -0.2) is 37.1 Å². The molecule has 0 spiro atoms. The van der Waals surface area contributed by atoms with Crippen molar-refractivity contribution in [2.45, 2.75) is 13.0 Å². The Morgan fingerprint density at radius 2 is 2.00 bits per heavy atom. The van der Waals surface area contributed by atoms with Crippen molar-refractivity contribution < 1.29 is 28.6 Å². The van der Waals surface area contributed by atoms with E-state index in [1.54, 1.807) is 31.2 Å². The van der Waals surface area contributed by atoms with Crippen LogP contribution in [0.25, 0.3) is 0 Å². The van der Waals surface area contributed by atoms with Crippen LogP contribution in [0.2, 0.25) is 0 Å². The van der Waals surface area contributed by atoms with Gasteiger partial charge in [0.05, 0.1) is 0 Å². The highest BCUT2D eigenvalue weighted by atomic mass is 16.6. The van der Waals surface area contributed by atoms with Crippen molar-refractivity contribution in [2.75, 3.05) is 13.2 Å². The Balaban J connectivity index is 1.75. The zero-order valence-corrected chi connectivity index (χ0v) is 12.4. The molecule has 1 atom stereocenters. The summed E-state index contributed by atoms with van der Waals surface area (Å²) in [5.41, 5.74) is 4.31. The number of esters is 1. The fraction of sp³-hybridized carbons (Fsp3) is 0.267. The van der Waals surface area contributed by atoms with Gasteiger partial charge in [0.15, 0.2) is 18.1 Å². The Hall–Kier alpha value is -3.03. The standard InChI is InChI=1S/C15H16N2O6/c1-2-5-14(19)22-9-13(18)16-17-15(20)12-8-21-10-6-3-4-7-11(10)23-12/h2-7,12H,8-9H2,1H3,(H,16,18)(H,17,20)/b5-2+/t12-/m1/s1. The number of hydrazine groups is 1. The number of amides is 2. The maximum Gasteiger partial charge on any atom is 0.330 e. The molecule has 2 N–H and O–H groups in total. The molecule has 8 nitrogen and oxygen atoms in total. The van der Waals surface area contributed by atoms with Gasteiger partial charge in [-0.25, -0.2) is 4.79 Å². The number of carbonyl (C=O) groups is 3. The van der Waals surface area contributed by atoms with Crippen LogP contribution in [0.3, 0.4) is 0 Å². The third-order valence-corrected chi connectivity index (χ3v) is 2.77. The van der Waals surface area contributed by atoms with Crippen LogP contribution in [0, 0.1) is 0 Å². The van der Waals surface area contributed by atoms with E-state index in [1.807, 2.05) is 0 Å². The number of benzene rings is 1. The van der Waals surface area contributed by atoms with Gasteiger partial charge in [-0.2, -0.15) is 0 Å². The second kappa shape index (κ2) is 7.83. The molecule has 1 aliphatic rings. The topological polar surface area (TPSA) is 103 Å². The molecule has 8 heteroatoms. The monoisotopic (exact) mass is 320 g/mol. The number of ether oxygens (including phenoxy) is 3. The Kier molecular flexibility index (Phi) is 5.56. The van der Waals surface area contributed by atoms with Gasteiger partial charge in [0.2, 0.25) is 6.10 Å². The molecule has 1 aromatic rings. The number of allylic oxidation sites excluding steroid dienone is 1. The van der Waals surface area contributed by atoms with Gasteiger partial charge in [-0.3, -0.25) is 20.4 Å². The normalized spacial score (nSPS) is 15.8. The van der Waals surface area contributed by atoms with Gasteiger partial charge in [0.25, 0.3) is 11.8 Å². The van der Waals surface area contributed by atoms with Crippen LogP contribution in [-0.2, 0) is 19.1 Å². The quantitative estimate of drug-likeness (QED) is 0.463. The zero-order chi connectivity index (χ0) is 16.7. The molecule has 2 rings (SSSR count). The molecule has 0 saturated heterocycles. The second-order valence-electron chi connectivity index (χ2n) is 4.51. The summed E-state index contributed by atoms with van der Waals surface area (Å²) in [7, 11) is 0. The predicted octanol–water partition coefficient (Wildman–Crippen LogP) is 0.0931. The van der Waals surface area contributed by atoms with Crippen molar-refractivity contribution in [2.24, 2.45) is 0 Å². The molecular weight excluding hydrogens is 304 g/mol. The van der Waals surface area contributed by atoms with E-state index < -0.39 is 30.5 Å². The van der Waals surface area contributed by atoms with Crippen LogP contribution >= 0.6 is 0 Å². The average molecular weight is 320 g/mol. The van der Waals surface area contributed by atoms with Gasteiger partial charge in [-0.05, 0) is 19.1 Å². The molecule has 122 valence electrons. The van der Waals surface area contributed by atoms with Crippen LogP contribution in [0.15, 0.2) is 36.4 Å². The van der Waals surface area contributed by atoms with E-state index in [9.17, 15) is 14.4 Å². The van der Waals surface area contributed by atoms with E-state index in [0.717, 1.165) is 0 Å². The van der Waals surface area contributed by atoms with Crippen molar-refractivity contribution in [1.82, 2.24) is 10.9 Å². The van der Waals surface area contributed by atoms with Crippen molar-refractivity contribution in [3.8, 4) is 11.5 Å². The molecule has 0 bridgehead atoms. The molecule has 0 aliphatic carbocycles. The molecule has 0 unspecified atom stereocenters. The number of fused-ring (bicyclic) bond motifs is 1. The largest absolute Gasteiger partial charge is 0.485 e. The first-order valence-corrected chi connectivity index (χ1v) is 6.86. The lowest BCUT2D eigenvalue weighted by atomic mass is 10.2. The highest BCUT2D eigenvalue weighted by Crippen LogP contribution is 2.30. The Bertz CT molecular complexity index is 628. The summed E-state index contributed by atoms with van der Waals surface area (Å²) in [5.74, 6) is -0.891. The van der Waals surface area contributed by atoms with Gasteiger partial charge in [0.1, 0.15) is 6.61 Å². The summed E-state index contributed by atoms with van der Waals surface area (Å²) in [6.07, 6.45) is 1.77. The molecule has 1 aliphatic heterocycles. The number of hydrogen-bond donors (Lipinski definition) is 2. The molecule has 0 aromatic heterocycles. The minimum absolute atomic E-state index is 0.0228. The zero-order valence-electron chi connectivity index (χ0n) is 12.4. The first-order valence-electron chi connectivity index (χ1n) is 6.86. The highest BCUT2D eigenvalue weighted by molar-refractivity contribution is 5.88. The fourth-order valence-corrected chi connectivity index (χ4v) is 1.72. The first-order chi connectivity index (χ1) is 11.1. The summed E-state index contributed by atoms with van der Waals surface area (Å²) >= 11 is 0. The maximum absolute atomic E-state index is 11.9. The van der Waals surface area contributed by atoms with Crippen molar-refractivity contribution in [3.05, 3.63) is 36.4 Å². The minimum Gasteiger partial charge on any atom is -0.485 e. The summed E-state index contributed by atoms with van der Waals surface area (Å²) in [5, 5.41) is 0. The lowest BCUT2D eigenvalue weighted by Crippen LogP contribution is -2.51. The number of para-hydroxylation sites is 2. The van der Waals surface area contributed by atoms with Crippen LogP contribution in [0.1, 0.15) is 6.92 Å². The van der Waals surface area contributed by atoms with Gasteiger partial charge < -0.3 is 14.2 Å². The fourth-order valence-electron chi connectivity index (χ4n) is 1.72. The van der Waals surface area contributed by atoms with Crippen molar-refractivity contribution in [1.29, 1.82) is 0 Å². The van der Waals surface area contributed by atoms with Gasteiger partial charge >= 0.3 is 5.97 Å². The van der Waals surface area contributed by atoms with Crippen LogP contribution < -0.4 is 20.3 Å². The van der Waals surface area contributed by atoms with Gasteiger partial charge in [-0.15, -0.1) is 0 Å². The van der Waals surface area contributed by atoms with Gasteiger partial charge in [0, 0.05) is 6.08 Å². The third kappa shape index (κ3) is 4.73. The molecular formula is C15H16N2O6. The number of rotatable bonds is 4. The summed E-state index contributed by atoms with van der Waals surface area (Å²) in [6, 6.07) is 6.94. The maximum atomic E-state index is 11.9. The van der Waals surface area contributed by atoms with Crippen LogP contribution in [0.4, 0.5) is 0 Å². The highest BCUT2D eigenvalue weighted by Gasteiger charge is 2.27. The molecule has 0 fully saturated rings. The molecule has 1 heterocycles. The Morgan fingerprint density at radius 3 is 2.74 bits per heavy atom. The Morgan fingerprint density at radius 1 is 1.26 bits per heavy atom. The van der Waals surface area contributed by atoms with Crippen molar-refractivity contribution >= 4 is 17.8 Å². The van der Waals surface area contributed by atoms with Crippen LogP contribution in [0.5, 0.6) is 11.5 Å². The molecule has 0 radical (unpaired) electrons. The van der Waals surface area contributed by atoms with E-state index >= 15 is 0 Å². The summed E-state index contributed by atoms with van der Waals surface area (Å²) in [4.78, 5) is 34.4. The van der Waals surface area contributed by atoms with Crippen molar-refractivity contribution in [3.63, 3.8) is 0 Å². The van der Waals surface area contributed by atoms with E-state index in [4.69, 9.17) is 9.47 Å². The molecule has 23 heavy (non-hydrogen) atoms. The lowest BCUT2D eigenvalue weighted by molar-refractivity contribution is -0.145. The van der Waals surface area contributed by atoms with E-state index in [1.165, 1.54) is 12.2 Å². The second-order valence-corrected chi connectivity index (χ2v) is 4.51. The lowest BCUT2D eigenvalue weighted by Gasteiger charge is -2.25. The van der Waals surface area contributed by atoms with E-state index in [-0.39, 0.29) is 6.61 Å². The van der Waals surface area contributed by atoms with E-state index in [2.05, 4.69) is 15.6 Å². The number of nitrogens with one attached hydrogen (secondary N) is 2. The molecule has 1 aromatic carbocycles.